The molecular weight excluding hydrogens is 200 g/mol. The first-order valence-corrected chi connectivity index (χ1v) is 3.67. The van der Waals surface area contributed by atoms with Gasteiger partial charge in [-0.25, -0.2) is 4.79 Å². The van der Waals surface area contributed by atoms with Crippen molar-refractivity contribution in [2.24, 2.45) is 0 Å². The second-order valence-electron chi connectivity index (χ2n) is 1.94. The molecule has 1 rings (SSSR count). The van der Waals surface area contributed by atoms with Crippen molar-refractivity contribution < 1.29 is 5.11 Å². The van der Waals surface area contributed by atoms with E-state index in [1.807, 2.05) is 9.97 Å². The fourth-order valence-electron chi connectivity index (χ4n) is 0.673. The zero-order valence-corrected chi connectivity index (χ0v) is 7.33. The number of aromatic amines is 2. The van der Waals surface area contributed by atoms with Gasteiger partial charge in [0.1, 0.15) is 5.56 Å². The van der Waals surface area contributed by atoms with Gasteiger partial charge < -0.3 is 5.11 Å². The van der Waals surface area contributed by atoms with E-state index in [2.05, 4.69) is 24.8 Å². The first-order valence-electron chi connectivity index (χ1n) is 2.81. The molecule has 0 amide bonds. The summed E-state index contributed by atoms with van der Waals surface area (Å²) in [5.41, 5.74) is -1.74. The molecule has 0 atom stereocenters. The molecule has 0 unspecified atom stereocenters. The van der Waals surface area contributed by atoms with Crippen LogP contribution in [0.5, 0.6) is 5.88 Å². The highest BCUT2D eigenvalue weighted by atomic mass is 32.1. The van der Waals surface area contributed by atoms with Crippen molar-refractivity contribution in [2.45, 2.75) is 0 Å². The van der Waals surface area contributed by atoms with Gasteiger partial charge in [0.15, 0.2) is 0 Å². The summed E-state index contributed by atoms with van der Waals surface area (Å²) in [7, 11) is 0. The van der Waals surface area contributed by atoms with Gasteiger partial charge in [-0.1, -0.05) is 12.2 Å². The summed E-state index contributed by atoms with van der Waals surface area (Å²) < 4.78 is -0.0787. The van der Waals surface area contributed by atoms with Crippen LogP contribution < -0.4 is 11.2 Å². The van der Waals surface area contributed by atoms with E-state index in [1.54, 1.807) is 0 Å². The van der Waals surface area contributed by atoms with Crippen molar-refractivity contribution >= 4 is 29.0 Å². The van der Waals surface area contributed by atoms with Crippen LogP contribution in [0.2, 0.25) is 0 Å². The summed E-state index contributed by atoms with van der Waals surface area (Å²) in [5, 5.41) is 9.03. The maximum atomic E-state index is 10.9. The average Bonchev–Trinajstić information content (AvgIpc) is 1.82. The van der Waals surface area contributed by atoms with E-state index in [-0.39, 0.29) is 9.76 Å². The number of nitrogens with one attached hydrogen (secondary N) is 2. The molecule has 0 spiro atoms. The van der Waals surface area contributed by atoms with Gasteiger partial charge in [-0.05, 0) is 0 Å². The highest BCUT2D eigenvalue weighted by Gasteiger charge is 2.09. The second kappa shape index (κ2) is 3.11. The van der Waals surface area contributed by atoms with Crippen LogP contribution in [0.15, 0.2) is 9.59 Å². The maximum absolute atomic E-state index is 10.9. The maximum Gasteiger partial charge on any atom is 0.328 e. The molecule has 0 aliphatic rings. The van der Waals surface area contributed by atoms with Gasteiger partial charge in [0.25, 0.3) is 5.56 Å². The molecule has 3 N–H and O–H groups in total. The van der Waals surface area contributed by atoms with E-state index in [9.17, 15) is 9.59 Å². The summed E-state index contributed by atoms with van der Waals surface area (Å²) in [5.74, 6) is -0.566. The van der Waals surface area contributed by atoms with E-state index in [4.69, 9.17) is 5.11 Å². The Hall–Kier alpha value is -1.08. The van der Waals surface area contributed by atoms with E-state index >= 15 is 0 Å². The fourth-order valence-corrected chi connectivity index (χ4v) is 1.07. The molecule has 64 valence electrons. The molecular formula is C5H4N2O3S2. The minimum absolute atomic E-state index is 0.0787. The van der Waals surface area contributed by atoms with Gasteiger partial charge in [0.05, 0.1) is 4.20 Å². The third kappa shape index (κ3) is 1.56. The van der Waals surface area contributed by atoms with Crippen LogP contribution in [0, 0.1) is 0 Å². The van der Waals surface area contributed by atoms with Crippen molar-refractivity contribution in [3.05, 3.63) is 26.4 Å². The highest BCUT2D eigenvalue weighted by molar-refractivity contribution is 8.11. The van der Waals surface area contributed by atoms with Gasteiger partial charge >= 0.3 is 5.69 Å². The molecule has 1 heterocycles. The van der Waals surface area contributed by atoms with Crippen LogP contribution in [0.25, 0.3) is 0 Å². The Labute approximate surface area is 76.9 Å². The Bertz CT molecular complexity index is 433. The zero-order valence-electron chi connectivity index (χ0n) is 5.62. The van der Waals surface area contributed by atoms with Gasteiger partial charge in [-0.2, -0.15) is 0 Å². The lowest BCUT2D eigenvalue weighted by molar-refractivity contribution is 0.447. The molecule has 0 fully saturated rings. The number of H-pyrrole nitrogens is 2. The van der Waals surface area contributed by atoms with E-state index in [0.717, 1.165) is 0 Å². The van der Waals surface area contributed by atoms with Crippen molar-refractivity contribution in [3.8, 4) is 5.88 Å². The first-order chi connectivity index (χ1) is 5.52. The lowest BCUT2D eigenvalue weighted by atomic mass is 10.4. The fraction of sp³-hybridized carbons (Fsp3) is 0. The molecule has 5 nitrogen and oxygen atoms in total. The molecule has 0 saturated carbocycles. The summed E-state index contributed by atoms with van der Waals surface area (Å²) in [6.07, 6.45) is 0. The zero-order chi connectivity index (χ0) is 9.30. The van der Waals surface area contributed by atoms with Crippen molar-refractivity contribution in [1.29, 1.82) is 0 Å². The van der Waals surface area contributed by atoms with Gasteiger partial charge in [-0.3, -0.25) is 14.8 Å². The Morgan fingerprint density at radius 1 is 1.42 bits per heavy atom. The largest absolute Gasteiger partial charge is 0.494 e. The molecule has 0 saturated heterocycles. The SMILES string of the molecule is O=c1[nH]c(O)c(C(=S)S)c(=O)[nH]1. The van der Waals surface area contributed by atoms with Crippen LogP contribution in [0.1, 0.15) is 5.56 Å². The topological polar surface area (TPSA) is 85.9 Å². The quantitative estimate of drug-likeness (QED) is 0.362. The normalized spacial score (nSPS) is 9.75. The first kappa shape index (κ1) is 9.01. The van der Waals surface area contributed by atoms with Gasteiger partial charge in [0, 0.05) is 0 Å². The lowest BCUT2D eigenvalue weighted by Crippen LogP contribution is -2.26. The molecule has 0 aliphatic carbocycles. The second-order valence-corrected chi connectivity index (χ2v) is 3.10. The third-order valence-corrected chi connectivity index (χ3v) is 1.56. The van der Waals surface area contributed by atoms with Crippen molar-refractivity contribution in [1.82, 2.24) is 9.97 Å². The number of aromatic nitrogens is 2. The van der Waals surface area contributed by atoms with Crippen molar-refractivity contribution in [2.75, 3.05) is 0 Å². The van der Waals surface area contributed by atoms with Gasteiger partial charge in [-0.15, -0.1) is 12.6 Å². The monoisotopic (exact) mass is 204 g/mol. The predicted molar refractivity (Wildman–Crippen MR) is 50.0 cm³/mol. The number of thiocarbonyl (C=S) groups is 1. The van der Waals surface area contributed by atoms with Crippen LogP contribution in [0.3, 0.4) is 0 Å². The summed E-state index contributed by atoms with van der Waals surface area (Å²) in [6, 6.07) is 0. The Kier molecular flexibility index (Phi) is 2.34. The van der Waals surface area contributed by atoms with E-state index in [0.29, 0.717) is 0 Å². The summed E-state index contributed by atoms with van der Waals surface area (Å²) in [6.45, 7) is 0. The Morgan fingerprint density at radius 2 is 2.00 bits per heavy atom. The number of hydrogen-bond donors (Lipinski definition) is 4. The van der Waals surface area contributed by atoms with Crippen LogP contribution in [-0.2, 0) is 0 Å². The third-order valence-electron chi connectivity index (χ3n) is 1.14. The average molecular weight is 204 g/mol. The highest BCUT2D eigenvalue weighted by Crippen LogP contribution is 2.08. The minimum Gasteiger partial charge on any atom is -0.494 e. The minimum atomic E-state index is -0.786. The number of thiol groups is 1. The molecule has 1 aromatic rings. The summed E-state index contributed by atoms with van der Waals surface area (Å²) in [4.78, 5) is 25.3. The standard InChI is InChI=1S/C5H4N2O3S2/c8-2-1(4(11)12)3(9)7-5(10)6-2/h(H,11,12)(H3,6,7,8,9,10). The predicted octanol–water partition coefficient (Wildman–Crippen LogP) is -0.626. The molecule has 0 aromatic carbocycles. The molecule has 7 heteroatoms. The number of rotatable bonds is 1. The number of aromatic hydroxyl groups is 1. The molecule has 12 heavy (non-hydrogen) atoms. The molecule has 0 aliphatic heterocycles. The Balaban J connectivity index is 3.60. The van der Waals surface area contributed by atoms with E-state index < -0.39 is 17.1 Å². The van der Waals surface area contributed by atoms with Crippen LogP contribution >= 0.6 is 24.8 Å². The molecule has 1 aromatic heterocycles. The Morgan fingerprint density at radius 3 is 2.42 bits per heavy atom. The molecule has 0 radical (unpaired) electrons. The lowest BCUT2D eigenvalue weighted by Gasteiger charge is -1.97. The van der Waals surface area contributed by atoms with E-state index in [1.165, 1.54) is 0 Å². The van der Waals surface area contributed by atoms with Crippen molar-refractivity contribution in [3.63, 3.8) is 0 Å². The summed E-state index contributed by atoms with van der Waals surface area (Å²) >= 11 is 8.23. The molecule has 0 bridgehead atoms. The van der Waals surface area contributed by atoms with Crippen LogP contribution in [-0.4, -0.2) is 19.3 Å². The van der Waals surface area contributed by atoms with Crippen LogP contribution in [0.4, 0.5) is 0 Å². The van der Waals surface area contributed by atoms with Gasteiger partial charge in [0.2, 0.25) is 5.88 Å². The number of hydrogen-bond acceptors (Lipinski definition) is 4. The smallest absolute Gasteiger partial charge is 0.328 e.